The smallest absolute Gasteiger partial charge is 0.289 e. The molecule has 0 aliphatic carbocycles. The fourth-order valence-electron chi connectivity index (χ4n) is 0.337. The molecule has 1 heterocycles. The van der Waals surface area contributed by atoms with Crippen molar-refractivity contribution in [2.75, 3.05) is 0 Å². The molecule has 1 amide bonds. The van der Waals surface area contributed by atoms with Crippen LogP contribution in [0.15, 0.2) is 10.8 Å². The zero-order valence-corrected chi connectivity index (χ0v) is 4.37. The summed E-state index contributed by atoms with van der Waals surface area (Å²) in [6.07, 6.45) is 1.10. The van der Waals surface area contributed by atoms with Crippen molar-refractivity contribution in [3.63, 3.8) is 0 Å². The minimum Gasteiger partial charge on any atom is -0.345 e. The molecule has 0 saturated heterocycles. The Balaban J connectivity index is 2.77. The molecule has 3 N–H and O–H groups in total. The van der Waals surface area contributed by atoms with Gasteiger partial charge in [-0.15, -0.1) is 5.10 Å². The maximum atomic E-state index is 10.5. The predicted octanol–water partition coefficient (Wildman–Crippen LogP) is -1.33. The summed E-state index contributed by atoms with van der Waals surface area (Å²) in [5, 5.41) is 6.33. The Bertz CT molecular complexity index is 194. The number of hydrogen-bond donors (Lipinski definition) is 2. The van der Waals surface area contributed by atoms with Crippen molar-refractivity contribution < 1.29 is 9.32 Å². The summed E-state index contributed by atoms with van der Waals surface area (Å²) >= 11 is 0. The van der Waals surface area contributed by atoms with E-state index < -0.39 is 5.91 Å². The van der Waals surface area contributed by atoms with Crippen LogP contribution in [0, 0.1) is 0 Å². The second-order valence-electron chi connectivity index (χ2n) is 1.26. The van der Waals surface area contributed by atoms with Crippen LogP contribution >= 0.6 is 0 Å². The number of nitrogens with zero attached hydrogens (tertiary/aromatic N) is 2. The second kappa shape index (κ2) is 2.23. The molecule has 1 rings (SSSR count). The number of hydrazine groups is 1. The van der Waals surface area contributed by atoms with E-state index in [9.17, 15) is 4.79 Å². The lowest BCUT2D eigenvalue weighted by Gasteiger charge is -1.87. The minimum atomic E-state index is -0.517. The molecule has 6 nitrogen and oxygen atoms in total. The molecule has 9 heavy (non-hydrogen) atoms. The van der Waals surface area contributed by atoms with Gasteiger partial charge in [-0.05, 0) is 0 Å². The first-order valence-corrected chi connectivity index (χ1v) is 2.12. The molecule has 1 aromatic rings. The summed E-state index contributed by atoms with van der Waals surface area (Å²) in [7, 11) is 0. The molecular weight excluding hydrogens is 124 g/mol. The average molecular weight is 128 g/mol. The van der Waals surface area contributed by atoms with E-state index in [2.05, 4.69) is 14.9 Å². The first kappa shape index (κ1) is 5.70. The van der Waals surface area contributed by atoms with E-state index in [1.807, 2.05) is 5.43 Å². The van der Waals surface area contributed by atoms with E-state index in [0.717, 1.165) is 6.26 Å². The number of nitrogen functional groups attached to an aromatic ring is 1. The molecule has 0 radical (unpaired) electrons. The first-order chi connectivity index (χ1) is 4.34. The topological polar surface area (TPSA) is 94.0 Å². The number of amides is 1. The van der Waals surface area contributed by atoms with Crippen LogP contribution in [0.1, 0.15) is 10.5 Å². The number of nitrogens with one attached hydrogen (secondary N) is 1. The molecule has 0 fully saturated rings. The monoisotopic (exact) mass is 128 g/mol. The van der Waals surface area contributed by atoms with Gasteiger partial charge >= 0.3 is 0 Å². The molecule has 48 valence electrons. The third-order valence-corrected chi connectivity index (χ3v) is 0.724. The lowest BCUT2D eigenvalue weighted by Crippen LogP contribution is -2.30. The Morgan fingerprint density at radius 3 is 3.11 bits per heavy atom. The van der Waals surface area contributed by atoms with Gasteiger partial charge < -0.3 is 4.52 Å². The molecule has 0 aliphatic heterocycles. The third kappa shape index (κ3) is 1.03. The summed E-state index contributed by atoms with van der Waals surface area (Å²) in [5.74, 6) is 4.24. The van der Waals surface area contributed by atoms with Gasteiger partial charge in [0.2, 0.25) is 0 Å². The number of rotatable bonds is 1. The van der Waals surface area contributed by atoms with Crippen LogP contribution in [0.25, 0.3) is 0 Å². The fourth-order valence-corrected chi connectivity index (χ4v) is 0.337. The van der Waals surface area contributed by atoms with Crippen molar-refractivity contribution in [1.82, 2.24) is 15.8 Å². The summed E-state index contributed by atoms with van der Waals surface area (Å²) in [5.41, 5.74) is 1.93. The molecule has 0 atom stereocenters. The standard InChI is InChI=1S/C3H4N4O2/c4-5-3(8)2-1-9-7-6-2/h1H,4H2,(H,5,8). The molecule has 6 heteroatoms. The summed E-state index contributed by atoms with van der Waals surface area (Å²) < 4.78 is 4.26. The van der Waals surface area contributed by atoms with Crippen molar-refractivity contribution in [2.24, 2.45) is 5.84 Å². The van der Waals surface area contributed by atoms with E-state index in [-0.39, 0.29) is 5.69 Å². The van der Waals surface area contributed by atoms with E-state index in [0.29, 0.717) is 0 Å². The van der Waals surface area contributed by atoms with Crippen molar-refractivity contribution in [1.29, 1.82) is 0 Å². The van der Waals surface area contributed by atoms with E-state index in [1.54, 1.807) is 0 Å². The first-order valence-electron chi connectivity index (χ1n) is 2.12. The molecule has 1 aromatic heterocycles. The molecule has 0 saturated carbocycles. The molecule has 0 spiro atoms. The number of nitrogens with two attached hydrogens (primary N) is 1. The number of aromatic nitrogens is 2. The highest BCUT2D eigenvalue weighted by Crippen LogP contribution is 1.87. The maximum Gasteiger partial charge on any atom is 0.289 e. The zero-order chi connectivity index (χ0) is 6.69. The second-order valence-corrected chi connectivity index (χ2v) is 1.26. The van der Waals surface area contributed by atoms with E-state index in [1.165, 1.54) is 0 Å². The highest BCUT2D eigenvalue weighted by molar-refractivity contribution is 5.91. The normalized spacial score (nSPS) is 9.00. The summed E-state index contributed by atoms with van der Waals surface area (Å²) in [6, 6.07) is 0. The average Bonchev–Trinajstić information content (AvgIpc) is 2.37. The number of carbonyl (C=O) groups is 1. The van der Waals surface area contributed by atoms with Gasteiger partial charge in [-0.3, -0.25) is 10.2 Å². The van der Waals surface area contributed by atoms with Crippen molar-refractivity contribution >= 4 is 5.91 Å². The fraction of sp³-hybridized carbons (Fsp3) is 0. The SMILES string of the molecule is NNC(=O)c1conn1. The van der Waals surface area contributed by atoms with Crippen LogP contribution < -0.4 is 11.3 Å². The molecular formula is C3H4N4O2. The van der Waals surface area contributed by atoms with Gasteiger partial charge in [0.05, 0.1) is 0 Å². The van der Waals surface area contributed by atoms with E-state index in [4.69, 9.17) is 5.84 Å². The Kier molecular flexibility index (Phi) is 1.41. The maximum absolute atomic E-state index is 10.5. The predicted molar refractivity (Wildman–Crippen MR) is 26.0 cm³/mol. The van der Waals surface area contributed by atoms with Gasteiger partial charge in [0, 0.05) is 5.27 Å². The van der Waals surface area contributed by atoms with Crippen molar-refractivity contribution in [2.45, 2.75) is 0 Å². The quantitative estimate of drug-likeness (QED) is 0.277. The van der Waals surface area contributed by atoms with Gasteiger partial charge in [0.1, 0.15) is 0 Å². The van der Waals surface area contributed by atoms with Gasteiger partial charge in [-0.2, -0.15) is 0 Å². The summed E-state index contributed by atoms with van der Waals surface area (Å²) in [4.78, 5) is 10.5. The van der Waals surface area contributed by atoms with Crippen LogP contribution in [0.4, 0.5) is 0 Å². The number of carbonyl (C=O) groups excluding carboxylic acids is 1. The Hall–Kier alpha value is -1.43. The molecule has 0 aromatic carbocycles. The molecule has 0 aliphatic rings. The largest absolute Gasteiger partial charge is 0.345 e. The van der Waals surface area contributed by atoms with Gasteiger partial charge in [0.25, 0.3) is 5.91 Å². The molecule has 0 unspecified atom stereocenters. The van der Waals surface area contributed by atoms with Gasteiger partial charge in [-0.1, -0.05) is 0 Å². The minimum absolute atomic E-state index is 0.0671. The van der Waals surface area contributed by atoms with Crippen molar-refractivity contribution in [3.8, 4) is 0 Å². The van der Waals surface area contributed by atoms with Gasteiger partial charge in [-0.25, -0.2) is 5.84 Å². The Labute approximate surface area is 50.0 Å². The highest BCUT2D eigenvalue weighted by Gasteiger charge is 2.05. The van der Waals surface area contributed by atoms with Crippen LogP contribution in [-0.2, 0) is 0 Å². The Morgan fingerprint density at radius 2 is 2.67 bits per heavy atom. The Morgan fingerprint density at radius 1 is 1.89 bits per heavy atom. The lowest BCUT2D eigenvalue weighted by atomic mass is 10.5. The highest BCUT2D eigenvalue weighted by atomic mass is 16.5. The van der Waals surface area contributed by atoms with Crippen LogP contribution in [0.2, 0.25) is 0 Å². The van der Waals surface area contributed by atoms with Crippen LogP contribution in [0.5, 0.6) is 0 Å². The van der Waals surface area contributed by atoms with E-state index >= 15 is 0 Å². The summed E-state index contributed by atoms with van der Waals surface area (Å²) in [6.45, 7) is 0. The van der Waals surface area contributed by atoms with Gasteiger partial charge in [0.15, 0.2) is 12.0 Å². The van der Waals surface area contributed by atoms with Crippen LogP contribution in [-0.4, -0.2) is 16.3 Å². The molecule has 0 bridgehead atoms. The zero-order valence-electron chi connectivity index (χ0n) is 4.37. The third-order valence-electron chi connectivity index (χ3n) is 0.724. The lowest BCUT2D eigenvalue weighted by molar-refractivity contribution is 0.0948. The van der Waals surface area contributed by atoms with Crippen LogP contribution in [0.3, 0.4) is 0 Å². The van der Waals surface area contributed by atoms with Crippen molar-refractivity contribution in [3.05, 3.63) is 12.0 Å². The number of hydrogen-bond acceptors (Lipinski definition) is 5.